The second-order valence-corrected chi connectivity index (χ2v) is 6.93. The van der Waals surface area contributed by atoms with Crippen molar-refractivity contribution >= 4 is 11.4 Å². The summed E-state index contributed by atoms with van der Waals surface area (Å²) in [6.45, 7) is 1.66. The first kappa shape index (κ1) is 19.3. The highest BCUT2D eigenvalue weighted by atomic mass is 19.3. The second-order valence-electron chi connectivity index (χ2n) is 6.93. The maximum absolute atomic E-state index is 15.5. The molecule has 0 amide bonds. The molecule has 0 fully saturated rings. The quantitative estimate of drug-likeness (QED) is 0.581. The van der Waals surface area contributed by atoms with Crippen molar-refractivity contribution in [2.75, 3.05) is 25.0 Å². The molecule has 3 aromatic rings. The van der Waals surface area contributed by atoms with Crippen molar-refractivity contribution in [1.29, 1.82) is 0 Å². The number of likely N-dealkylation sites (N-methyl/N-ethyl adjacent to an activating group) is 1. The van der Waals surface area contributed by atoms with E-state index in [4.69, 9.17) is 0 Å². The zero-order valence-corrected chi connectivity index (χ0v) is 15.6. The van der Waals surface area contributed by atoms with Crippen LogP contribution in [0.15, 0.2) is 48.5 Å². The highest BCUT2D eigenvalue weighted by molar-refractivity contribution is 5.72. The number of halogens is 4. The number of benzene rings is 2. The minimum atomic E-state index is -2.73. The van der Waals surface area contributed by atoms with E-state index >= 15 is 4.39 Å². The van der Waals surface area contributed by atoms with Gasteiger partial charge in [-0.1, -0.05) is 0 Å². The van der Waals surface area contributed by atoms with Crippen LogP contribution in [0.25, 0.3) is 11.3 Å². The number of rotatable bonds is 3. The van der Waals surface area contributed by atoms with Crippen LogP contribution >= 0.6 is 0 Å². The van der Waals surface area contributed by atoms with Gasteiger partial charge in [-0.15, -0.1) is 10.2 Å². The van der Waals surface area contributed by atoms with E-state index in [1.165, 1.54) is 18.2 Å². The molecule has 29 heavy (non-hydrogen) atoms. The van der Waals surface area contributed by atoms with Gasteiger partial charge in [-0.25, -0.2) is 17.6 Å². The summed E-state index contributed by atoms with van der Waals surface area (Å²) in [6, 6.07) is 11.9. The third-order valence-electron chi connectivity index (χ3n) is 4.97. The predicted molar refractivity (Wildman–Crippen MR) is 102 cm³/mol. The van der Waals surface area contributed by atoms with Crippen LogP contribution in [-0.2, 0) is 6.54 Å². The molecular weight excluding hydrogens is 384 g/mol. The Kier molecular flexibility index (Phi) is 5.19. The van der Waals surface area contributed by atoms with Crippen molar-refractivity contribution < 1.29 is 17.6 Å². The highest BCUT2D eigenvalue weighted by Gasteiger charge is 2.25. The molecule has 0 N–H and O–H groups in total. The molecule has 0 unspecified atom stereocenters. The van der Waals surface area contributed by atoms with Crippen molar-refractivity contribution in [3.63, 3.8) is 0 Å². The first-order valence-electron chi connectivity index (χ1n) is 9.09. The van der Waals surface area contributed by atoms with E-state index in [1.54, 1.807) is 24.3 Å². The summed E-state index contributed by atoms with van der Waals surface area (Å²) >= 11 is 0. The van der Waals surface area contributed by atoms with Gasteiger partial charge in [0.05, 0.1) is 5.69 Å². The van der Waals surface area contributed by atoms with Gasteiger partial charge in [0.1, 0.15) is 17.3 Å². The molecule has 0 aliphatic carbocycles. The molecule has 0 atom stereocenters. The number of nitrogens with zero attached hydrogens (tertiary/aromatic N) is 4. The number of hydrogen-bond acceptors (Lipinski definition) is 4. The lowest BCUT2D eigenvalue weighted by Gasteiger charge is -2.25. The van der Waals surface area contributed by atoms with E-state index in [0.717, 1.165) is 11.8 Å². The van der Waals surface area contributed by atoms with Gasteiger partial charge >= 0.3 is 0 Å². The molecule has 4 rings (SSSR count). The number of alkyl halides is 2. The van der Waals surface area contributed by atoms with E-state index in [-0.39, 0.29) is 17.1 Å². The Bertz CT molecular complexity index is 1010. The first-order valence-corrected chi connectivity index (χ1v) is 9.09. The Hall–Kier alpha value is -3.00. The molecule has 2 aromatic carbocycles. The molecule has 2 heterocycles. The molecule has 8 heteroatoms. The number of fused-ring (bicyclic) bond motifs is 1. The zero-order chi connectivity index (χ0) is 20.5. The van der Waals surface area contributed by atoms with Gasteiger partial charge in [-0.05, 0) is 55.6 Å². The van der Waals surface area contributed by atoms with Crippen LogP contribution in [0.4, 0.5) is 28.9 Å². The molecular formula is C21H18F4N4. The smallest absolute Gasteiger partial charge is 0.282 e. The zero-order valence-electron chi connectivity index (χ0n) is 15.6. The summed E-state index contributed by atoms with van der Waals surface area (Å²) in [5, 5.41) is 7.26. The Morgan fingerprint density at radius 1 is 0.897 bits per heavy atom. The van der Waals surface area contributed by atoms with Crippen molar-refractivity contribution in [3.05, 3.63) is 71.4 Å². The Morgan fingerprint density at radius 2 is 1.66 bits per heavy atom. The minimum absolute atomic E-state index is 0.190. The van der Waals surface area contributed by atoms with E-state index in [2.05, 4.69) is 10.2 Å². The van der Waals surface area contributed by atoms with Crippen LogP contribution in [0.3, 0.4) is 0 Å². The summed E-state index contributed by atoms with van der Waals surface area (Å²) in [4.78, 5) is 3.93. The average molecular weight is 402 g/mol. The fraction of sp³-hybridized carbons (Fsp3) is 0.238. The summed E-state index contributed by atoms with van der Waals surface area (Å²) in [6.07, 6.45) is -2.73. The van der Waals surface area contributed by atoms with Crippen LogP contribution in [-0.4, -0.2) is 35.2 Å². The fourth-order valence-corrected chi connectivity index (χ4v) is 3.44. The summed E-state index contributed by atoms with van der Waals surface area (Å²) in [5.41, 5.74) is 1.84. The van der Waals surface area contributed by atoms with Gasteiger partial charge in [-0.2, -0.15) is 0 Å². The molecule has 0 saturated heterocycles. The lowest BCUT2D eigenvalue weighted by Crippen LogP contribution is -2.26. The summed E-state index contributed by atoms with van der Waals surface area (Å²) in [5.74, 6) is -0.810. The van der Waals surface area contributed by atoms with Crippen LogP contribution in [0.2, 0.25) is 0 Å². The van der Waals surface area contributed by atoms with Gasteiger partial charge in [-0.3, -0.25) is 0 Å². The molecule has 1 aromatic heterocycles. The largest absolute Gasteiger partial charge is 0.340 e. The number of aromatic nitrogens is 2. The van der Waals surface area contributed by atoms with Gasteiger partial charge in [0.2, 0.25) is 0 Å². The maximum atomic E-state index is 15.5. The predicted octanol–water partition coefficient (Wildman–Crippen LogP) is 4.94. The lowest BCUT2D eigenvalue weighted by atomic mass is 10.0. The molecule has 0 bridgehead atoms. The average Bonchev–Trinajstić information content (AvgIpc) is 2.88. The Balaban J connectivity index is 1.78. The SMILES string of the molecule is CN1CCN(c2ccc(F)cc2)c2ccc(-c3ccc(C(F)F)nn3)c(F)c2C1. The van der Waals surface area contributed by atoms with Crippen LogP contribution in [0.5, 0.6) is 0 Å². The van der Waals surface area contributed by atoms with Crippen molar-refractivity contribution in [3.8, 4) is 11.3 Å². The van der Waals surface area contributed by atoms with Gasteiger partial charge in [0.25, 0.3) is 6.43 Å². The molecule has 4 nitrogen and oxygen atoms in total. The molecule has 1 aliphatic heterocycles. The third kappa shape index (κ3) is 3.80. The van der Waals surface area contributed by atoms with Crippen molar-refractivity contribution in [2.45, 2.75) is 13.0 Å². The van der Waals surface area contributed by atoms with Gasteiger partial charge in [0, 0.05) is 42.1 Å². The van der Waals surface area contributed by atoms with Gasteiger partial charge < -0.3 is 9.80 Å². The highest BCUT2D eigenvalue weighted by Crippen LogP contribution is 2.36. The Morgan fingerprint density at radius 3 is 2.31 bits per heavy atom. The van der Waals surface area contributed by atoms with Gasteiger partial charge in [0.15, 0.2) is 0 Å². The molecule has 0 spiro atoms. The van der Waals surface area contributed by atoms with E-state index in [9.17, 15) is 13.2 Å². The topological polar surface area (TPSA) is 32.3 Å². The van der Waals surface area contributed by atoms with E-state index in [1.807, 2.05) is 16.8 Å². The maximum Gasteiger partial charge on any atom is 0.282 e. The molecule has 150 valence electrons. The lowest BCUT2D eigenvalue weighted by molar-refractivity contribution is 0.145. The monoisotopic (exact) mass is 402 g/mol. The number of hydrogen-bond donors (Lipinski definition) is 0. The van der Waals surface area contributed by atoms with Crippen LogP contribution in [0.1, 0.15) is 17.7 Å². The molecule has 0 radical (unpaired) electrons. The summed E-state index contributed by atoms with van der Waals surface area (Å²) in [7, 11) is 1.89. The Labute approximate surface area is 165 Å². The minimum Gasteiger partial charge on any atom is -0.340 e. The van der Waals surface area contributed by atoms with E-state index < -0.39 is 17.9 Å². The normalized spacial score (nSPS) is 14.8. The van der Waals surface area contributed by atoms with E-state index in [0.29, 0.717) is 30.9 Å². The van der Waals surface area contributed by atoms with Crippen LogP contribution < -0.4 is 4.90 Å². The second kappa shape index (κ2) is 7.79. The van der Waals surface area contributed by atoms with Crippen molar-refractivity contribution in [1.82, 2.24) is 15.1 Å². The standard InChI is InChI=1S/C21H18F4N4/c1-28-10-11-29(14-4-2-13(22)3-5-14)19-9-6-15(20(23)16(19)12-28)17-7-8-18(21(24)25)27-26-17/h2-9,21H,10-12H2,1H3. The van der Waals surface area contributed by atoms with Crippen LogP contribution in [0, 0.1) is 11.6 Å². The summed E-state index contributed by atoms with van der Waals surface area (Å²) < 4.78 is 54.2. The molecule has 1 aliphatic rings. The first-order chi connectivity index (χ1) is 13.9. The van der Waals surface area contributed by atoms with Crippen molar-refractivity contribution in [2.24, 2.45) is 0 Å². The third-order valence-corrected chi connectivity index (χ3v) is 4.97. The number of anilines is 2. The molecule has 0 saturated carbocycles. The fourth-order valence-electron chi connectivity index (χ4n) is 3.44.